The molecule has 1 aliphatic rings. The second kappa shape index (κ2) is 6.28. The van der Waals surface area contributed by atoms with Crippen molar-refractivity contribution in [2.24, 2.45) is 0 Å². The molecule has 6 nitrogen and oxygen atoms in total. The van der Waals surface area contributed by atoms with Crippen molar-refractivity contribution in [3.8, 4) is 5.69 Å². The van der Waals surface area contributed by atoms with Gasteiger partial charge in [0.25, 0.3) is 0 Å². The lowest BCUT2D eigenvalue weighted by Gasteiger charge is -2.26. The summed E-state index contributed by atoms with van der Waals surface area (Å²) >= 11 is 5.55. The third-order valence-corrected chi connectivity index (χ3v) is 4.64. The second-order valence-electron chi connectivity index (χ2n) is 6.07. The SMILES string of the molecule is Cc1cccc(C)c1-n1nnn(C[NH+]2CCC[C@H](O)C2)c1=S. The summed E-state index contributed by atoms with van der Waals surface area (Å²) in [6.45, 7) is 6.54. The number of nitrogens with zero attached hydrogens (tertiary/aromatic N) is 4. The summed E-state index contributed by atoms with van der Waals surface area (Å²) in [4.78, 5) is 1.29. The van der Waals surface area contributed by atoms with Gasteiger partial charge in [0.05, 0.1) is 12.2 Å². The Bertz CT molecular complexity index is 703. The van der Waals surface area contributed by atoms with Gasteiger partial charge in [0, 0.05) is 0 Å². The first-order valence-corrected chi connectivity index (χ1v) is 8.08. The van der Waals surface area contributed by atoms with Gasteiger partial charge in [-0.1, -0.05) is 18.2 Å². The molecule has 1 saturated heterocycles. The number of hydrogen-bond donors (Lipinski definition) is 2. The zero-order valence-corrected chi connectivity index (χ0v) is 13.8. The quantitative estimate of drug-likeness (QED) is 0.805. The summed E-state index contributed by atoms with van der Waals surface area (Å²) in [6, 6.07) is 6.13. The zero-order chi connectivity index (χ0) is 15.7. The van der Waals surface area contributed by atoms with E-state index in [1.54, 1.807) is 9.36 Å². The maximum absolute atomic E-state index is 9.79. The Morgan fingerprint density at radius 2 is 2.05 bits per heavy atom. The number of piperidine rings is 1. The molecule has 2 N–H and O–H groups in total. The van der Waals surface area contributed by atoms with Crippen LogP contribution in [0.3, 0.4) is 0 Å². The van der Waals surface area contributed by atoms with Crippen molar-refractivity contribution in [1.82, 2.24) is 19.8 Å². The van der Waals surface area contributed by atoms with Crippen LogP contribution < -0.4 is 4.90 Å². The Kier molecular flexibility index (Phi) is 4.37. The second-order valence-corrected chi connectivity index (χ2v) is 6.44. The van der Waals surface area contributed by atoms with Crippen LogP contribution in [0.2, 0.25) is 0 Å². The molecule has 0 spiro atoms. The van der Waals surface area contributed by atoms with Crippen LogP contribution in [0.5, 0.6) is 0 Å². The van der Waals surface area contributed by atoms with Crippen molar-refractivity contribution >= 4 is 12.2 Å². The van der Waals surface area contributed by atoms with Crippen molar-refractivity contribution in [2.45, 2.75) is 39.5 Å². The Balaban J connectivity index is 1.88. The number of hydrogen-bond acceptors (Lipinski definition) is 4. The summed E-state index contributed by atoms with van der Waals surface area (Å²) in [5.74, 6) is 0. The van der Waals surface area contributed by atoms with Gasteiger partial charge in [-0.3, -0.25) is 0 Å². The molecule has 0 amide bonds. The lowest BCUT2D eigenvalue weighted by Crippen LogP contribution is -3.13. The number of quaternary nitrogens is 1. The molecule has 2 aromatic rings. The zero-order valence-electron chi connectivity index (χ0n) is 13.0. The van der Waals surface area contributed by atoms with Crippen LogP contribution in [0.4, 0.5) is 0 Å². The Morgan fingerprint density at radius 3 is 2.73 bits per heavy atom. The molecule has 118 valence electrons. The molecular weight excluding hydrogens is 298 g/mol. The maximum atomic E-state index is 9.79. The number of aliphatic hydroxyl groups excluding tert-OH is 1. The average Bonchev–Trinajstić information content (AvgIpc) is 2.81. The van der Waals surface area contributed by atoms with E-state index in [2.05, 4.69) is 36.4 Å². The third-order valence-electron chi connectivity index (χ3n) is 4.26. The van der Waals surface area contributed by atoms with Gasteiger partial charge in [-0.15, -0.1) is 0 Å². The van der Waals surface area contributed by atoms with E-state index in [4.69, 9.17) is 12.2 Å². The summed E-state index contributed by atoms with van der Waals surface area (Å²) in [5, 5.41) is 18.2. The largest absolute Gasteiger partial charge is 0.387 e. The lowest BCUT2D eigenvalue weighted by atomic mass is 10.1. The van der Waals surface area contributed by atoms with E-state index < -0.39 is 0 Å². The van der Waals surface area contributed by atoms with Crippen molar-refractivity contribution < 1.29 is 10.0 Å². The molecule has 1 fully saturated rings. The molecule has 0 aliphatic carbocycles. The van der Waals surface area contributed by atoms with Crippen LogP contribution >= 0.6 is 12.2 Å². The fraction of sp³-hybridized carbons (Fsp3) is 0.533. The van der Waals surface area contributed by atoms with Crippen molar-refractivity contribution in [1.29, 1.82) is 0 Å². The summed E-state index contributed by atoms with van der Waals surface area (Å²) in [6.07, 6.45) is 1.71. The molecule has 22 heavy (non-hydrogen) atoms. The molecule has 1 aromatic carbocycles. The number of nitrogens with one attached hydrogen (secondary N) is 1. The molecule has 3 rings (SSSR count). The predicted octanol–water partition coefficient (Wildman–Crippen LogP) is 0.412. The fourth-order valence-electron chi connectivity index (χ4n) is 3.13. The lowest BCUT2D eigenvalue weighted by molar-refractivity contribution is -0.931. The van der Waals surface area contributed by atoms with Crippen LogP contribution in [0.1, 0.15) is 24.0 Å². The van der Waals surface area contributed by atoms with Gasteiger partial charge in [-0.05, 0) is 60.5 Å². The van der Waals surface area contributed by atoms with Crippen LogP contribution in [0.25, 0.3) is 5.69 Å². The van der Waals surface area contributed by atoms with E-state index in [-0.39, 0.29) is 6.10 Å². The number of aromatic nitrogens is 4. The van der Waals surface area contributed by atoms with E-state index in [0.29, 0.717) is 11.4 Å². The first-order valence-electron chi connectivity index (χ1n) is 7.67. The van der Waals surface area contributed by atoms with Gasteiger partial charge in [-0.2, -0.15) is 9.36 Å². The van der Waals surface area contributed by atoms with E-state index in [1.165, 1.54) is 4.90 Å². The smallest absolute Gasteiger partial charge is 0.225 e. The highest BCUT2D eigenvalue weighted by Crippen LogP contribution is 2.17. The molecule has 2 atom stereocenters. The van der Waals surface area contributed by atoms with E-state index >= 15 is 0 Å². The number of aryl methyl sites for hydroxylation is 2. The number of para-hydroxylation sites is 1. The van der Waals surface area contributed by atoms with Crippen LogP contribution in [-0.4, -0.2) is 44.1 Å². The summed E-state index contributed by atoms with van der Waals surface area (Å²) < 4.78 is 4.10. The minimum atomic E-state index is -0.216. The molecule has 1 unspecified atom stereocenters. The van der Waals surface area contributed by atoms with E-state index in [1.807, 2.05) is 6.07 Å². The van der Waals surface area contributed by atoms with Crippen LogP contribution in [0, 0.1) is 18.6 Å². The number of aliphatic hydroxyl groups is 1. The van der Waals surface area contributed by atoms with Gasteiger partial charge in [-0.25, -0.2) is 0 Å². The molecule has 1 aromatic heterocycles. The van der Waals surface area contributed by atoms with Crippen molar-refractivity contribution in [2.75, 3.05) is 13.1 Å². The molecule has 0 bridgehead atoms. The average molecular weight is 320 g/mol. The maximum Gasteiger partial charge on any atom is 0.225 e. The highest BCUT2D eigenvalue weighted by atomic mass is 32.1. The van der Waals surface area contributed by atoms with E-state index in [0.717, 1.165) is 42.7 Å². The van der Waals surface area contributed by atoms with Gasteiger partial charge < -0.3 is 10.0 Å². The summed E-state index contributed by atoms with van der Waals surface area (Å²) in [7, 11) is 0. The van der Waals surface area contributed by atoms with Crippen molar-refractivity contribution in [3.63, 3.8) is 0 Å². The molecule has 2 heterocycles. The Labute approximate surface area is 135 Å². The first-order chi connectivity index (χ1) is 10.6. The number of tetrazole rings is 1. The van der Waals surface area contributed by atoms with Gasteiger partial charge in [0.15, 0.2) is 6.67 Å². The highest BCUT2D eigenvalue weighted by molar-refractivity contribution is 7.71. The number of benzene rings is 1. The van der Waals surface area contributed by atoms with Crippen molar-refractivity contribution in [3.05, 3.63) is 34.1 Å². The van der Waals surface area contributed by atoms with Crippen LogP contribution in [0.15, 0.2) is 18.2 Å². The Morgan fingerprint density at radius 1 is 1.32 bits per heavy atom. The highest BCUT2D eigenvalue weighted by Gasteiger charge is 2.22. The van der Waals surface area contributed by atoms with E-state index in [9.17, 15) is 5.11 Å². The number of rotatable bonds is 3. The molecule has 7 heteroatoms. The van der Waals surface area contributed by atoms with Gasteiger partial charge in [0.2, 0.25) is 4.77 Å². The molecule has 0 saturated carbocycles. The molecule has 0 radical (unpaired) electrons. The fourth-order valence-corrected chi connectivity index (χ4v) is 3.36. The van der Waals surface area contributed by atoms with Gasteiger partial charge >= 0.3 is 0 Å². The Hall–Kier alpha value is -1.57. The monoisotopic (exact) mass is 320 g/mol. The minimum absolute atomic E-state index is 0.216. The minimum Gasteiger partial charge on any atom is -0.387 e. The number of likely N-dealkylation sites (tertiary alicyclic amines) is 1. The third kappa shape index (κ3) is 2.97. The summed E-state index contributed by atoms with van der Waals surface area (Å²) in [5.41, 5.74) is 3.26. The standard InChI is InChI=1S/C15H21N5OS/c1-11-5-3-6-12(2)14(11)20-15(22)19(16-17-20)10-18-8-4-7-13(21)9-18/h3,5-6,13,21H,4,7-10H2,1-2H3/p+1/t13-/m0/s1. The predicted molar refractivity (Wildman–Crippen MR) is 85.6 cm³/mol. The normalized spacial score (nSPS) is 22.0. The molecular formula is C15H22N5OS+. The van der Waals surface area contributed by atoms with Crippen LogP contribution in [-0.2, 0) is 6.67 Å². The van der Waals surface area contributed by atoms with Gasteiger partial charge in [0.1, 0.15) is 12.6 Å². The topological polar surface area (TPSA) is 60.3 Å². The first kappa shape index (κ1) is 15.3. The molecule has 1 aliphatic heterocycles.